The van der Waals surface area contributed by atoms with E-state index in [1.807, 2.05) is 39.6 Å². The third kappa shape index (κ3) is 3.82. The van der Waals surface area contributed by atoms with E-state index in [0.717, 1.165) is 33.4 Å². The molecule has 0 bridgehead atoms. The average Bonchev–Trinajstić information content (AvgIpc) is 3.60. The van der Waals surface area contributed by atoms with Crippen molar-refractivity contribution in [2.45, 2.75) is 31.9 Å². The van der Waals surface area contributed by atoms with Crippen molar-refractivity contribution in [1.29, 1.82) is 5.26 Å². The Hall–Kier alpha value is -4.72. The topological polar surface area (TPSA) is 98.7 Å². The van der Waals surface area contributed by atoms with Gasteiger partial charge in [-0.1, -0.05) is 6.07 Å². The Morgan fingerprint density at radius 2 is 2.02 bits per heavy atom. The summed E-state index contributed by atoms with van der Waals surface area (Å²) < 4.78 is 32.1. The number of benzene rings is 1. The molecule has 7 rings (SSSR count). The number of carbonyl (C=O) groups excluding carboxylic acids is 2. The van der Waals surface area contributed by atoms with Gasteiger partial charge in [-0.05, 0) is 36.2 Å². The Balaban J connectivity index is 1.33. The van der Waals surface area contributed by atoms with Gasteiger partial charge in [-0.3, -0.25) is 9.20 Å². The number of halogens is 2. The molecule has 9 nitrogen and oxygen atoms in total. The number of pyridine rings is 1. The van der Waals surface area contributed by atoms with E-state index in [0.29, 0.717) is 42.9 Å². The number of imidazole rings is 1. The monoisotopic (exact) mass is 541 g/mol. The lowest BCUT2D eigenvalue weighted by Gasteiger charge is -2.36. The van der Waals surface area contributed by atoms with E-state index in [2.05, 4.69) is 16.4 Å². The number of amides is 3. The van der Waals surface area contributed by atoms with Gasteiger partial charge >= 0.3 is 6.03 Å². The maximum Gasteiger partial charge on any atom is 0.320 e. The number of nitrogens with one attached hydrogen (secondary N) is 1. The van der Waals surface area contributed by atoms with Crippen molar-refractivity contribution in [3.8, 4) is 6.07 Å². The van der Waals surface area contributed by atoms with Gasteiger partial charge in [0.25, 0.3) is 11.8 Å². The second-order valence-electron chi connectivity index (χ2n) is 10.6. The highest BCUT2D eigenvalue weighted by Crippen LogP contribution is 2.38. The molecule has 3 aliphatic rings. The number of carbonyl (C=O) groups is 2. The Bertz CT molecular complexity index is 1790. The fraction of sp³-hybridized carbons (Fsp3) is 0.310. The number of fused-ring (bicyclic) bond motifs is 1. The van der Waals surface area contributed by atoms with Crippen LogP contribution in [0.1, 0.15) is 35.2 Å². The molecule has 6 heterocycles. The fourth-order valence-electron chi connectivity index (χ4n) is 6.24. The molecule has 40 heavy (non-hydrogen) atoms. The first-order valence-electron chi connectivity index (χ1n) is 13.2. The molecule has 0 atom stereocenters. The van der Waals surface area contributed by atoms with E-state index >= 15 is 0 Å². The maximum atomic E-state index is 14.1. The van der Waals surface area contributed by atoms with E-state index in [4.69, 9.17) is 0 Å². The van der Waals surface area contributed by atoms with Crippen LogP contribution >= 0.6 is 0 Å². The van der Waals surface area contributed by atoms with E-state index in [-0.39, 0.29) is 25.3 Å². The molecule has 1 N–H and O–H groups in total. The highest BCUT2D eigenvalue weighted by atomic mass is 19.3. The van der Waals surface area contributed by atoms with Gasteiger partial charge in [0.1, 0.15) is 5.65 Å². The molecule has 3 amide bonds. The van der Waals surface area contributed by atoms with E-state index < -0.39 is 18.5 Å². The molecule has 3 aromatic heterocycles. The van der Waals surface area contributed by atoms with Crippen LogP contribution in [0.2, 0.25) is 0 Å². The van der Waals surface area contributed by atoms with Crippen LogP contribution in [0, 0.1) is 11.3 Å². The summed E-state index contributed by atoms with van der Waals surface area (Å²) in [5.41, 5.74) is 5.60. The predicted molar refractivity (Wildman–Crippen MR) is 143 cm³/mol. The molecule has 4 aromatic rings. The van der Waals surface area contributed by atoms with Gasteiger partial charge < -0.3 is 19.7 Å². The number of alkyl halides is 2. The number of aromatic nitrogens is 3. The van der Waals surface area contributed by atoms with Crippen molar-refractivity contribution >= 4 is 39.6 Å². The molecule has 1 fully saturated rings. The molecule has 3 aliphatic heterocycles. The molecule has 1 aromatic carbocycles. The number of hydrogen-bond acceptors (Lipinski definition) is 4. The summed E-state index contributed by atoms with van der Waals surface area (Å²) in [4.78, 5) is 33.9. The lowest BCUT2D eigenvalue weighted by molar-refractivity contribution is -0.114. The molecule has 0 aliphatic carbocycles. The predicted octanol–water partition coefficient (Wildman–Crippen LogP) is 3.87. The van der Waals surface area contributed by atoms with E-state index in [1.54, 1.807) is 23.2 Å². The third-order valence-electron chi connectivity index (χ3n) is 8.04. The molecule has 0 radical (unpaired) electrons. The summed E-state index contributed by atoms with van der Waals surface area (Å²) in [5, 5.41) is 13.5. The van der Waals surface area contributed by atoms with Crippen molar-refractivity contribution in [2.75, 3.05) is 26.2 Å². The second kappa shape index (κ2) is 8.91. The van der Waals surface area contributed by atoms with Crippen LogP contribution in [0.3, 0.4) is 0 Å². The highest BCUT2D eigenvalue weighted by molar-refractivity contribution is 6.32. The van der Waals surface area contributed by atoms with Crippen LogP contribution in [0.4, 0.5) is 13.6 Å². The van der Waals surface area contributed by atoms with Crippen LogP contribution in [-0.4, -0.2) is 67.8 Å². The van der Waals surface area contributed by atoms with Gasteiger partial charge in [0.05, 0.1) is 41.2 Å². The number of likely N-dealkylation sites (tertiary alicyclic amines) is 1. The van der Waals surface area contributed by atoms with E-state index in [1.165, 1.54) is 4.90 Å². The Morgan fingerprint density at radius 1 is 1.15 bits per heavy atom. The fourth-order valence-corrected chi connectivity index (χ4v) is 6.24. The zero-order chi connectivity index (χ0) is 27.6. The first-order valence-corrected chi connectivity index (χ1v) is 13.2. The molecule has 0 spiro atoms. The van der Waals surface area contributed by atoms with Gasteiger partial charge in [-0.25, -0.2) is 18.6 Å². The largest absolute Gasteiger partial charge is 0.348 e. The van der Waals surface area contributed by atoms with Crippen LogP contribution in [0.25, 0.3) is 27.7 Å². The van der Waals surface area contributed by atoms with Gasteiger partial charge in [0.2, 0.25) is 0 Å². The number of nitriles is 1. The third-order valence-corrected chi connectivity index (χ3v) is 8.04. The van der Waals surface area contributed by atoms with Crippen LogP contribution in [0.5, 0.6) is 0 Å². The SMILES string of the molecule is N#Cc1cc2c3c(c1)c(C1=C(c4cnc5ccccn45)CNC1=O)cn3CCN(C(=O)N1CCCC(F)(F)C1)C2. The molecular weight excluding hydrogens is 516 g/mol. The van der Waals surface area contributed by atoms with Crippen LogP contribution in [-0.2, 0) is 17.9 Å². The standard InChI is InChI=1S/C29H25F2N7O2/c30-29(31)5-3-6-37(17-29)28(40)36-9-8-35-16-22(20-11-18(12-32)10-19(15-36)26(20)35)25-21(13-34-27(25)39)23-14-33-24-4-1-2-7-38(23)24/h1-2,4,7,10-11,14,16H,3,5-6,8-9,13,15,17H2,(H,34,39). The maximum absolute atomic E-state index is 14.1. The number of nitrogens with zero attached hydrogens (tertiary/aromatic N) is 6. The minimum atomic E-state index is -2.89. The zero-order valence-corrected chi connectivity index (χ0v) is 21.5. The molecular formula is C29H25F2N7O2. The minimum Gasteiger partial charge on any atom is -0.348 e. The first-order chi connectivity index (χ1) is 19.3. The smallest absolute Gasteiger partial charge is 0.320 e. The lowest BCUT2D eigenvalue weighted by Crippen LogP contribution is -2.51. The highest BCUT2D eigenvalue weighted by Gasteiger charge is 2.39. The summed E-state index contributed by atoms with van der Waals surface area (Å²) >= 11 is 0. The number of urea groups is 1. The molecule has 1 saturated heterocycles. The van der Waals surface area contributed by atoms with Crippen LogP contribution in [0.15, 0.2) is 48.9 Å². The summed E-state index contributed by atoms with van der Waals surface area (Å²) in [6.07, 6.45) is 5.61. The zero-order valence-electron chi connectivity index (χ0n) is 21.5. The normalized spacial score (nSPS) is 18.8. The number of piperidine rings is 1. The Kier molecular flexibility index (Phi) is 5.42. The molecule has 0 unspecified atom stereocenters. The number of hydrogen-bond donors (Lipinski definition) is 1. The lowest BCUT2D eigenvalue weighted by atomic mass is 9.97. The van der Waals surface area contributed by atoms with Crippen LogP contribution < -0.4 is 5.32 Å². The minimum absolute atomic E-state index is 0.182. The van der Waals surface area contributed by atoms with Crippen molar-refractivity contribution < 1.29 is 18.4 Å². The van der Waals surface area contributed by atoms with Crippen molar-refractivity contribution in [3.05, 3.63) is 71.3 Å². The molecule has 202 valence electrons. The number of rotatable bonds is 2. The Labute approximate surface area is 227 Å². The van der Waals surface area contributed by atoms with Gasteiger partial charge in [-0.15, -0.1) is 0 Å². The van der Waals surface area contributed by atoms with Gasteiger partial charge in [0.15, 0.2) is 0 Å². The summed E-state index contributed by atoms with van der Waals surface area (Å²) in [6.45, 7) is 0.974. The summed E-state index contributed by atoms with van der Waals surface area (Å²) in [6, 6.07) is 11.0. The van der Waals surface area contributed by atoms with Gasteiger partial charge in [-0.2, -0.15) is 5.26 Å². The molecule has 11 heteroatoms. The molecule has 0 saturated carbocycles. The average molecular weight is 542 g/mol. The first kappa shape index (κ1) is 24.3. The summed E-state index contributed by atoms with van der Waals surface area (Å²) in [5.74, 6) is -3.09. The van der Waals surface area contributed by atoms with E-state index in [9.17, 15) is 23.6 Å². The summed E-state index contributed by atoms with van der Waals surface area (Å²) in [7, 11) is 0. The van der Waals surface area contributed by atoms with Gasteiger partial charge in [0, 0.05) is 68.1 Å². The van der Waals surface area contributed by atoms with Crippen molar-refractivity contribution in [2.24, 2.45) is 0 Å². The second-order valence-corrected chi connectivity index (χ2v) is 10.6. The quantitative estimate of drug-likeness (QED) is 0.417. The Morgan fingerprint density at radius 3 is 2.85 bits per heavy atom. The van der Waals surface area contributed by atoms with Crippen molar-refractivity contribution in [1.82, 2.24) is 29.1 Å². The van der Waals surface area contributed by atoms with Crippen molar-refractivity contribution in [3.63, 3.8) is 0 Å².